The van der Waals surface area contributed by atoms with E-state index >= 15 is 0 Å². The molecule has 0 atom stereocenters. The SMILES string of the molecule is C=C/C=C\C=C(/C)c1cccc2c(-c3ccccc3)nc3c(-c4ccc(-c5nc(-c6ccccc6)nc(-c6ccc(-c7ccc8c(c7)C(C)(C)c7ccccc7-8)cc6)n5)cc4)cccc3c12. The van der Waals surface area contributed by atoms with Gasteiger partial charge in [-0.3, -0.25) is 0 Å². The van der Waals surface area contributed by atoms with Crippen LogP contribution >= 0.6 is 0 Å². The van der Waals surface area contributed by atoms with Crippen LogP contribution in [0.2, 0.25) is 0 Å². The first-order chi connectivity index (χ1) is 32.4. The van der Waals surface area contributed by atoms with Gasteiger partial charge in [0.1, 0.15) is 0 Å². The van der Waals surface area contributed by atoms with Gasteiger partial charge in [-0.2, -0.15) is 0 Å². The molecule has 0 N–H and O–H groups in total. The monoisotopic (exact) mass is 846 g/mol. The van der Waals surface area contributed by atoms with E-state index in [-0.39, 0.29) is 5.41 Å². The highest BCUT2D eigenvalue weighted by atomic mass is 15.0. The van der Waals surface area contributed by atoms with Crippen molar-refractivity contribution < 1.29 is 0 Å². The Kier molecular flexibility index (Phi) is 10.2. The summed E-state index contributed by atoms with van der Waals surface area (Å²) >= 11 is 0. The fraction of sp³-hybridized carbons (Fsp3) is 0.0645. The van der Waals surface area contributed by atoms with Crippen molar-refractivity contribution in [3.63, 3.8) is 0 Å². The van der Waals surface area contributed by atoms with E-state index in [1.165, 1.54) is 38.8 Å². The lowest BCUT2D eigenvalue weighted by Crippen LogP contribution is -2.14. The second kappa shape index (κ2) is 16.7. The van der Waals surface area contributed by atoms with E-state index in [1.54, 1.807) is 6.08 Å². The standard InChI is InChI=1S/C62H46N4/c1-5-6-9-18-40(2)48-24-16-26-52-56(48)53-27-17-25-49(58(53)63-57(52)43-19-10-7-11-20-43)42-31-35-46(36-32-42)61-65-59(44-21-12-8-13-22-44)64-60(66-61)45-33-29-41(30-34-45)47-37-38-51-50-23-14-15-28-54(50)62(3,4)55(51)39-47/h5-39H,1H2,2-4H3/b9-6-,40-18+. The van der Waals surface area contributed by atoms with E-state index < -0.39 is 0 Å². The first kappa shape index (κ1) is 40.4. The van der Waals surface area contributed by atoms with Crippen molar-refractivity contribution in [3.8, 4) is 78.8 Å². The third-order valence-electron chi connectivity index (χ3n) is 13.1. The molecule has 314 valence electrons. The third-order valence-corrected chi connectivity index (χ3v) is 13.1. The summed E-state index contributed by atoms with van der Waals surface area (Å²) in [6.45, 7) is 10.7. The fourth-order valence-corrected chi connectivity index (χ4v) is 9.67. The fourth-order valence-electron chi connectivity index (χ4n) is 9.67. The van der Waals surface area contributed by atoms with E-state index in [4.69, 9.17) is 19.9 Å². The Morgan fingerprint density at radius 1 is 0.439 bits per heavy atom. The number of hydrogen-bond donors (Lipinski definition) is 0. The first-order valence-corrected chi connectivity index (χ1v) is 22.5. The number of nitrogens with zero attached hydrogens (tertiary/aromatic N) is 4. The lowest BCUT2D eigenvalue weighted by atomic mass is 9.81. The molecule has 0 unspecified atom stereocenters. The number of rotatable bonds is 9. The Hall–Kier alpha value is -8.34. The van der Waals surface area contributed by atoms with Crippen LogP contribution in [0.3, 0.4) is 0 Å². The Bertz CT molecular complexity index is 3550. The molecule has 0 saturated carbocycles. The van der Waals surface area contributed by atoms with Crippen LogP contribution in [0.4, 0.5) is 0 Å². The van der Waals surface area contributed by atoms with Crippen LogP contribution in [-0.2, 0) is 5.41 Å². The van der Waals surface area contributed by atoms with Gasteiger partial charge in [0.05, 0.1) is 11.2 Å². The molecule has 0 radical (unpaired) electrons. The largest absolute Gasteiger partial charge is 0.246 e. The van der Waals surface area contributed by atoms with Crippen molar-refractivity contribution in [3.05, 3.63) is 236 Å². The minimum Gasteiger partial charge on any atom is -0.246 e. The van der Waals surface area contributed by atoms with Gasteiger partial charge in [0.25, 0.3) is 0 Å². The van der Waals surface area contributed by atoms with E-state index in [1.807, 2.05) is 48.6 Å². The number of para-hydroxylation sites is 1. The van der Waals surface area contributed by atoms with E-state index in [0.29, 0.717) is 17.5 Å². The van der Waals surface area contributed by atoms with Crippen LogP contribution in [-0.4, -0.2) is 19.9 Å². The molecule has 0 fully saturated rings. The zero-order chi connectivity index (χ0) is 44.8. The summed E-state index contributed by atoms with van der Waals surface area (Å²) in [6.07, 6.45) is 7.94. The van der Waals surface area contributed by atoms with Crippen molar-refractivity contribution in [2.75, 3.05) is 0 Å². The molecule has 0 bridgehead atoms. The molecule has 0 spiro atoms. The van der Waals surface area contributed by atoms with Crippen molar-refractivity contribution in [2.45, 2.75) is 26.2 Å². The Morgan fingerprint density at radius 2 is 0.970 bits per heavy atom. The summed E-state index contributed by atoms with van der Waals surface area (Å²) in [5.41, 5.74) is 17.9. The average molecular weight is 847 g/mol. The normalized spacial score (nSPS) is 13.0. The highest BCUT2D eigenvalue weighted by Gasteiger charge is 2.35. The van der Waals surface area contributed by atoms with Crippen LogP contribution in [0.15, 0.2) is 219 Å². The molecular formula is C62H46N4. The van der Waals surface area contributed by atoms with Crippen LogP contribution in [0.1, 0.15) is 37.5 Å². The average Bonchev–Trinajstić information content (AvgIpc) is 3.61. The van der Waals surface area contributed by atoms with Crippen LogP contribution in [0.25, 0.3) is 106 Å². The molecule has 66 heavy (non-hydrogen) atoms. The van der Waals surface area contributed by atoms with Gasteiger partial charge in [0.15, 0.2) is 17.5 Å². The number of hydrogen-bond acceptors (Lipinski definition) is 4. The molecule has 1 aliphatic rings. The third kappa shape index (κ3) is 7.14. The predicted molar refractivity (Wildman–Crippen MR) is 276 cm³/mol. The maximum Gasteiger partial charge on any atom is 0.164 e. The molecule has 0 aliphatic heterocycles. The second-order valence-corrected chi connectivity index (χ2v) is 17.5. The number of aromatic nitrogens is 4. The quantitative estimate of drug-likeness (QED) is 0.107. The number of benzene rings is 8. The minimum atomic E-state index is -0.0635. The van der Waals surface area contributed by atoms with E-state index in [9.17, 15) is 0 Å². The minimum absolute atomic E-state index is 0.0635. The molecule has 0 saturated heterocycles. The molecule has 4 heteroatoms. The maximum atomic E-state index is 5.47. The molecule has 2 heterocycles. The molecule has 11 rings (SSSR count). The van der Waals surface area contributed by atoms with Gasteiger partial charge in [-0.15, -0.1) is 0 Å². The second-order valence-electron chi connectivity index (χ2n) is 17.5. The Balaban J connectivity index is 0.982. The van der Waals surface area contributed by atoms with Crippen LogP contribution < -0.4 is 0 Å². The lowest BCUT2D eigenvalue weighted by Gasteiger charge is -2.22. The Morgan fingerprint density at radius 3 is 1.65 bits per heavy atom. The summed E-state index contributed by atoms with van der Waals surface area (Å²) in [5, 5.41) is 3.41. The molecule has 2 aromatic heterocycles. The van der Waals surface area contributed by atoms with Gasteiger partial charge in [-0.1, -0.05) is 227 Å². The maximum absolute atomic E-state index is 5.47. The van der Waals surface area contributed by atoms with Gasteiger partial charge < -0.3 is 0 Å². The zero-order valence-electron chi connectivity index (χ0n) is 37.2. The van der Waals surface area contributed by atoms with Crippen LogP contribution in [0, 0.1) is 0 Å². The lowest BCUT2D eigenvalue weighted by molar-refractivity contribution is 0.660. The zero-order valence-corrected chi connectivity index (χ0v) is 37.2. The van der Waals surface area contributed by atoms with Gasteiger partial charge in [-0.25, -0.2) is 19.9 Å². The molecule has 1 aliphatic carbocycles. The van der Waals surface area contributed by atoms with E-state index in [2.05, 4.69) is 185 Å². The number of allylic oxidation sites excluding steroid dienone is 5. The van der Waals surface area contributed by atoms with Gasteiger partial charge in [0, 0.05) is 49.4 Å². The summed E-state index contributed by atoms with van der Waals surface area (Å²) in [6, 6.07) is 66.5. The van der Waals surface area contributed by atoms with Crippen molar-refractivity contribution in [2.24, 2.45) is 0 Å². The van der Waals surface area contributed by atoms with E-state index in [0.717, 1.165) is 66.5 Å². The van der Waals surface area contributed by atoms with Gasteiger partial charge in [-0.05, 0) is 63.1 Å². The summed E-state index contributed by atoms with van der Waals surface area (Å²) < 4.78 is 0. The predicted octanol–water partition coefficient (Wildman–Crippen LogP) is 16.0. The van der Waals surface area contributed by atoms with Gasteiger partial charge in [0.2, 0.25) is 0 Å². The topological polar surface area (TPSA) is 51.6 Å². The van der Waals surface area contributed by atoms with Crippen molar-refractivity contribution >= 4 is 27.2 Å². The molecule has 8 aromatic carbocycles. The molecule has 10 aromatic rings. The van der Waals surface area contributed by atoms with Crippen molar-refractivity contribution in [1.82, 2.24) is 19.9 Å². The number of pyridine rings is 1. The first-order valence-electron chi connectivity index (χ1n) is 22.5. The molecule has 0 amide bonds. The van der Waals surface area contributed by atoms with Gasteiger partial charge >= 0.3 is 0 Å². The molecule has 4 nitrogen and oxygen atoms in total. The Labute approximate surface area is 386 Å². The molecular weight excluding hydrogens is 801 g/mol. The highest BCUT2D eigenvalue weighted by Crippen LogP contribution is 2.49. The summed E-state index contributed by atoms with van der Waals surface area (Å²) in [7, 11) is 0. The number of fused-ring (bicyclic) bond motifs is 6. The smallest absolute Gasteiger partial charge is 0.164 e. The summed E-state index contributed by atoms with van der Waals surface area (Å²) in [5.74, 6) is 1.86. The van der Waals surface area contributed by atoms with Crippen molar-refractivity contribution in [1.29, 1.82) is 0 Å². The highest BCUT2D eigenvalue weighted by molar-refractivity contribution is 6.17. The van der Waals surface area contributed by atoms with Crippen LogP contribution in [0.5, 0.6) is 0 Å². The summed E-state index contributed by atoms with van der Waals surface area (Å²) in [4.78, 5) is 20.7.